The molecule has 0 atom stereocenters. The second-order valence-corrected chi connectivity index (χ2v) is 7.95. The van der Waals surface area contributed by atoms with E-state index in [2.05, 4.69) is 10.3 Å². The van der Waals surface area contributed by atoms with E-state index in [0.29, 0.717) is 25.9 Å². The number of carboxylic acid groups (broad SMARTS) is 1. The third-order valence-electron chi connectivity index (χ3n) is 3.85. The van der Waals surface area contributed by atoms with Gasteiger partial charge in [0.1, 0.15) is 17.2 Å². The average Bonchev–Trinajstić information content (AvgIpc) is 2.54. The Balaban J connectivity index is 2.11. The van der Waals surface area contributed by atoms with E-state index in [1.807, 2.05) is 0 Å². The lowest BCUT2D eigenvalue weighted by atomic mass is 10.1. The number of carbonyl (C=O) groups is 2. The Bertz CT molecular complexity index is 782. The van der Waals surface area contributed by atoms with E-state index < -0.39 is 29.8 Å². The number of carboxylic acids is 1. The molecule has 1 saturated heterocycles. The van der Waals surface area contributed by atoms with Crippen LogP contribution in [0.1, 0.15) is 33.6 Å². The van der Waals surface area contributed by atoms with Gasteiger partial charge in [-0.25, -0.2) is 9.78 Å². The van der Waals surface area contributed by atoms with Crippen molar-refractivity contribution in [3.05, 3.63) is 20.5 Å². The number of nitrogens with zero attached hydrogens (tertiary/aromatic N) is 3. The third-order valence-corrected chi connectivity index (χ3v) is 4.56. The summed E-state index contributed by atoms with van der Waals surface area (Å²) in [7, 11) is 0. The standard InChI is InChI=1S/C16H22Cl2N4O5/c1-16(2,3)27-15(26)19-9-4-6-21(7-5-9)14-20-12(18)11(17)13(25)22(14)8-10(23)24/h9H,4-8H2,1-3H3,(H,19,26)(H,23,24). The van der Waals surface area contributed by atoms with Crippen LogP contribution in [-0.2, 0) is 16.1 Å². The maximum Gasteiger partial charge on any atom is 0.407 e. The fourth-order valence-corrected chi connectivity index (χ4v) is 3.01. The van der Waals surface area contributed by atoms with E-state index in [4.69, 9.17) is 33.0 Å². The van der Waals surface area contributed by atoms with Crippen LogP contribution in [0.2, 0.25) is 10.2 Å². The van der Waals surface area contributed by atoms with E-state index in [0.717, 1.165) is 4.57 Å². The van der Waals surface area contributed by atoms with Gasteiger partial charge in [0, 0.05) is 19.1 Å². The minimum Gasteiger partial charge on any atom is -0.480 e. The molecule has 1 aliphatic heterocycles. The van der Waals surface area contributed by atoms with Gasteiger partial charge < -0.3 is 20.1 Å². The molecule has 1 aliphatic rings. The number of carbonyl (C=O) groups excluding carboxylic acids is 1. The molecule has 27 heavy (non-hydrogen) atoms. The molecule has 0 aromatic carbocycles. The minimum atomic E-state index is -1.19. The van der Waals surface area contributed by atoms with E-state index in [1.54, 1.807) is 25.7 Å². The van der Waals surface area contributed by atoms with Crippen LogP contribution in [0, 0.1) is 0 Å². The van der Waals surface area contributed by atoms with Gasteiger partial charge in [-0.2, -0.15) is 0 Å². The quantitative estimate of drug-likeness (QED) is 0.716. The first kappa shape index (κ1) is 21.3. The van der Waals surface area contributed by atoms with Crippen molar-refractivity contribution in [2.24, 2.45) is 0 Å². The molecule has 150 valence electrons. The molecule has 2 heterocycles. The number of ether oxygens (including phenoxy) is 1. The smallest absolute Gasteiger partial charge is 0.407 e. The van der Waals surface area contributed by atoms with Gasteiger partial charge in [-0.3, -0.25) is 14.2 Å². The van der Waals surface area contributed by atoms with Gasteiger partial charge in [-0.05, 0) is 33.6 Å². The number of anilines is 1. The van der Waals surface area contributed by atoms with Gasteiger partial charge in [-0.1, -0.05) is 23.2 Å². The molecule has 1 amide bonds. The van der Waals surface area contributed by atoms with E-state index in [1.165, 1.54) is 0 Å². The van der Waals surface area contributed by atoms with Crippen molar-refractivity contribution in [2.45, 2.75) is 51.8 Å². The second kappa shape index (κ2) is 8.35. The predicted octanol–water partition coefficient (Wildman–Crippen LogP) is 2.13. The van der Waals surface area contributed by atoms with Crippen molar-refractivity contribution in [1.82, 2.24) is 14.9 Å². The normalized spacial score (nSPS) is 15.5. The number of halogens is 2. The highest BCUT2D eigenvalue weighted by molar-refractivity contribution is 6.41. The highest BCUT2D eigenvalue weighted by Gasteiger charge is 2.27. The lowest BCUT2D eigenvalue weighted by Crippen LogP contribution is -2.47. The lowest BCUT2D eigenvalue weighted by Gasteiger charge is -2.34. The van der Waals surface area contributed by atoms with Gasteiger partial charge in [-0.15, -0.1) is 0 Å². The molecule has 0 saturated carbocycles. The van der Waals surface area contributed by atoms with Crippen molar-refractivity contribution in [1.29, 1.82) is 0 Å². The van der Waals surface area contributed by atoms with E-state index >= 15 is 0 Å². The first-order chi connectivity index (χ1) is 12.5. The van der Waals surface area contributed by atoms with Crippen LogP contribution in [0.3, 0.4) is 0 Å². The Labute approximate surface area is 166 Å². The van der Waals surface area contributed by atoms with E-state index in [-0.39, 0.29) is 22.2 Å². The van der Waals surface area contributed by atoms with Crippen LogP contribution in [0.5, 0.6) is 0 Å². The molecule has 1 fully saturated rings. The van der Waals surface area contributed by atoms with Crippen LogP contribution in [0.15, 0.2) is 4.79 Å². The summed E-state index contributed by atoms with van der Waals surface area (Å²) in [4.78, 5) is 41.1. The fourth-order valence-electron chi connectivity index (χ4n) is 2.71. The predicted molar refractivity (Wildman–Crippen MR) is 101 cm³/mol. The Hall–Kier alpha value is -2.00. The molecular formula is C16H22Cl2N4O5. The highest BCUT2D eigenvalue weighted by Crippen LogP contribution is 2.23. The first-order valence-electron chi connectivity index (χ1n) is 8.40. The molecule has 2 N–H and O–H groups in total. The minimum absolute atomic E-state index is 0.0986. The van der Waals surface area contributed by atoms with Crippen molar-refractivity contribution in [3.8, 4) is 0 Å². The molecule has 0 spiro atoms. The largest absolute Gasteiger partial charge is 0.480 e. The van der Waals surface area contributed by atoms with Crippen LogP contribution < -0.4 is 15.8 Å². The molecule has 11 heteroatoms. The zero-order chi connectivity index (χ0) is 20.4. The molecule has 1 aromatic heterocycles. The number of aromatic nitrogens is 2. The molecule has 2 rings (SSSR count). The number of hydrogen-bond acceptors (Lipinski definition) is 6. The SMILES string of the molecule is CC(C)(C)OC(=O)NC1CCN(c2nc(Cl)c(Cl)c(=O)n2CC(=O)O)CC1. The number of hydrogen-bond donors (Lipinski definition) is 2. The molecule has 9 nitrogen and oxygen atoms in total. The summed E-state index contributed by atoms with van der Waals surface area (Å²) < 4.78 is 6.22. The zero-order valence-electron chi connectivity index (χ0n) is 15.3. The number of piperidine rings is 1. The second-order valence-electron chi connectivity index (χ2n) is 7.21. The van der Waals surface area contributed by atoms with Crippen LogP contribution >= 0.6 is 23.2 Å². The lowest BCUT2D eigenvalue weighted by molar-refractivity contribution is -0.137. The maximum absolute atomic E-state index is 12.3. The Morgan fingerprint density at radius 2 is 1.89 bits per heavy atom. The van der Waals surface area contributed by atoms with E-state index in [9.17, 15) is 14.4 Å². The monoisotopic (exact) mass is 420 g/mol. The number of nitrogens with one attached hydrogen (secondary N) is 1. The molecule has 0 radical (unpaired) electrons. The number of aliphatic carboxylic acids is 1. The highest BCUT2D eigenvalue weighted by atomic mass is 35.5. The van der Waals surface area contributed by atoms with Crippen molar-refractivity contribution in [3.63, 3.8) is 0 Å². The maximum atomic E-state index is 12.3. The number of alkyl carbamates (subject to hydrolysis) is 1. The molecule has 1 aromatic rings. The summed E-state index contributed by atoms with van der Waals surface area (Å²) in [5.41, 5.74) is -1.29. The van der Waals surface area contributed by atoms with Crippen LogP contribution in [-0.4, -0.2) is 51.5 Å². The van der Waals surface area contributed by atoms with Crippen LogP contribution in [0.4, 0.5) is 10.7 Å². The summed E-state index contributed by atoms with van der Waals surface area (Å²) in [5.74, 6) is -1.05. The third kappa shape index (κ3) is 5.74. The molecular weight excluding hydrogens is 399 g/mol. The Morgan fingerprint density at radius 1 is 1.30 bits per heavy atom. The fraction of sp³-hybridized carbons (Fsp3) is 0.625. The van der Waals surface area contributed by atoms with Crippen molar-refractivity contribution < 1.29 is 19.4 Å². The van der Waals surface area contributed by atoms with Gasteiger partial charge in [0.2, 0.25) is 5.95 Å². The summed E-state index contributed by atoms with van der Waals surface area (Å²) in [6.07, 6.45) is 0.654. The van der Waals surface area contributed by atoms with Crippen LogP contribution in [0.25, 0.3) is 0 Å². The van der Waals surface area contributed by atoms with Crippen molar-refractivity contribution in [2.75, 3.05) is 18.0 Å². The van der Waals surface area contributed by atoms with Gasteiger partial charge >= 0.3 is 12.1 Å². The van der Waals surface area contributed by atoms with Gasteiger partial charge in [0.15, 0.2) is 5.15 Å². The number of rotatable bonds is 4. The summed E-state index contributed by atoms with van der Waals surface area (Å²) >= 11 is 11.7. The topological polar surface area (TPSA) is 114 Å². The van der Waals surface area contributed by atoms with Gasteiger partial charge in [0.25, 0.3) is 5.56 Å². The Kier molecular flexibility index (Phi) is 6.59. The summed E-state index contributed by atoms with van der Waals surface area (Å²) in [6.45, 7) is 5.68. The summed E-state index contributed by atoms with van der Waals surface area (Å²) in [6, 6.07) is -0.0986. The Morgan fingerprint density at radius 3 is 2.41 bits per heavy atom. The molecule has 0 aliphatic carbocycles. The number of amides is 1. The van der Waals surface area contributed by atoms with Gasteiger partial charge in [0.05, 0.1) is 0 Å². The molecule has 0 unspecified atom stereocenters. The summed E-state index contributed by atoms with van der Waals surface area (Å²) in [5, 5.41) is 11.4. The van der Waals surface area contributed by atoms with Crippen molar-refractivity contribution >= 4 is 41.2 Å². The first-order valence-corrected chi connectivity index (χ1v) is 9.15. The average molecular weight is 421 g/mol. The molecule has 0 bridgehead atoms. The zero-order valence-corrected chi connectivity index (χ0v) is 16.8.